The number of ether oxygens (including phenoxy) is 1. The van der Waals surface area contributed by atoms with Gasteiger partial charge < -0.3 is 15.4 Å². The highest BCUT2D eigenvalue weighted by atomic mass is 16.5. The first kappa shape index (κ1) is 12.0. The van der Waals surface area contributed by atoms with E-state index in [1.54, 1.807) is 0 Å². The van der Waals surface area contributed by atoms with E-state index < -0.39 is 0 Å². The molecule has 0 spiro atoms. The zero-order valence-electron chi connectivity index (χ0n) is 10.8. The summed E-state index contributed by atoms with van der Waals surface area (Å²) in [5, 5.41) is 0. The average Bonchev–Trinajstić information content (AvgIpc) is 3.07. The second-order valence-electron chi connectivity index (χ2n) is 4.75. The van der Waals surface area contributed by atoms with Gasteiger partial charge in [0.2, 0.25) is 5.88 Å². The Labute approximate surface area is 103 Å². The molecule has 1 aromatic rings. The lowest BCUT2D eigenvalue weighted by molar-refractivity contribution is 0.234. The van der Waals surface area contributed by atoms with Crippen LogP contribution in [-0.2, 0) is 0 Å². The lowest BCUT2D eigenvalue weighted by Gasteiger charge is -2.22. The molecule has 0 bridgehead atoms. The van der Waals surface area contributed by atoms with Crippen LogP contribution >= 0.6 is 0 Å². The van der Waals surface area contributed by atoms with E-state index in [2.05, 4.69) is 16.8 Å². The van der Waals surface area contributed by atoms with Crippen LogP contribution in [0, 0.1) is 0 Å². The van der Waals surface area contributed by atoms with Crippen LogP contribution in [0.15, 0.2) is 12.1 Å². The number of pyridine rings is 1. The number of anilines is 2. The number of nitrogens with zero attached hydrogens (tertiary/aromatic N) is 2. The van der Waals surface area contributed by atoms with Crippen molar-refractivity contribution in [2.24, 2.45) is 0 Å². The van der Waals surface area contributed by atoms with Crippen LogP contribution < -0.4 is 15.4 Å². The summed E-state index contributed by atoms with van der Waals surface area (Å²) < 4.78 is 5.62. The summed E-state index contributed by atoms with van der Waals surface area (Å²) in [5.74, 6) is 1.52. The molecule has 17 heavy (non-hydrogen) atoms. The zero-order valence-corrected chi connectivity index (χ0v) is 10.8. The number of nitrogen functional groups attached to an aromatic ring is 1. The normalized spacial score (nSPS) is 15.1. The van der Waals surface area contributed by atoms with Crippen molar-refractivity contribution >= 4 is 11.5 Å². The number of hydrogen-bond acceptors (Lipinski definition) is 4. The van der Waals surface area contributed by atoms with Gasteiger partial charge in [-0.3, -0.25) is 0 Å². The first-order chi connectivity index (χ1) is 8.11. The molecule has 94 valence electrons. The van der Waals surface area contributed by atoms with E-state index in [4.69, 9.17) is 10.5 Å². The SMILES string of the molecule is CCN(c1ccc(N)c(OC(C)C)n1)C1CC1. The van der Waals surface area contributed by atoms with Crippen molar-refractivity contribution in [1.29, 1.82) is 0 Å². The van der Waals surface area contributed by atoms with E-state index >= 15 is 0 Å². The Morgan fingerprint density at radius 2 is 2.18 bits per heavy atom. The smallest absolute Gasteiger partial charge is 0.239 e. The van der Waals surface area contributed by atoms with Crippen LogP contribution in [0.1, 0.15) is 33.6 Å². The highest BCUT2D eigenvalue weighted by molar-refractivity contribution is 5.55. The topological polar surface area (TPSA) is 51.4 Å². The summed E-state index contributed by atoms with van der Waals surface area (Å²) >= 11 is 0. The third kappa shape index (κ3) is 2.81. The molecule has 0 atom stereocenters. The molecule has 1 heterocycles. The molecule has 0 saturated heterocycles. The molecule has 1 aromatic heterocycles. The molecule has 1 aliphatic carbocycles. The molecule has 1 saturated carbocycles. The van der Waals surface area contributed by atoms with Gasteiger partial charge in [0, 0.05) is 12.6 Å². The van der Waals surface area contributed by atoms with Gasteiger partial charge >= 0.3 is 0 Å². The summed E-state index contributed by atoms with van der Waals surface area (Å²) in [6, 6.07) is 4.51. The van der Waals surface area contributed by atoms with Crippen molar-refractivity contribution in [2.45, 2.75) is 45.8 Å². The van der Waals surface area contributed by atoms with Gasteiger partial charge in [0.15, 0.2) is 0 Å². The van der Waals surface area contributed by atoms with Crippen molar-refractivity contribution in [3.8, 4) is 5.88 Å². The van der Waals surface area contributed by atoms with Gasteiger partial charge in [-0.1, -0.05) is 0 Å². The number of nitrogens with two attached hydrogens (primary N) is 1. The molecular formula is C13H21N3O. The van der Waals surface area contributed by atoms with E-state index in [0.717, 1.165) is 12.4 Å². The Morgan fingerprint density at radius 1 is 1.47 bits per heavy atom. The Balaban J connectivity index is 2.22. The third-order valence-electron chi connectivity index (χ3n) is 2.84. The quantitative estimate of drug-likeness (QED) is 0.851. The Morgan fingerprint density at radius 3 is 2.71 bits per heavy atom. The van der Waals surface area contributed by atoms with Gasteiger partial charge in [0.1, 0.15) is 5.82 Å². The maximum Gasteiger partial charge on any atom is 0.239 e. The average molecular weight is 235 g/mol. The monoisotopic (exact) mass is 235 g/mol. The first-order valence-corrected chi connectivity index (χ1v) is 6.31. The van der Waals surface area contributed by atoms with Crippen molar-refractivity contribution < 1.29 is 4.74 Å². The number of aromatic nitrogens is 1. The predicted molar refractivity (Wildman–Crippen MR) is 70.5 cm³/mol. The minimum Gasteiger partial charge on any atom is -0.473 e. The van der Waals surface area contributed by atoms with Gasteiger partial charge in [-0.25, -0.2) is 0 Å². The minimum absolute atomic E-state index is 0.0936. The summed E-state index contributed by atoms with van der Waals surface area (Å²) in [6.07, 6.45) is 2.62. The molecule has 0 aliphatic heterocycles. The van der Waals surface area contributed by atoms with Crippen LogP contribution in [0.3, 0.4) is 0 Å². The molecule has 4 heteroatoms. The fourth-order valence-electron chi connectivity index (χ4n) is 1.91. The number of rotatable bonds is 5. The summed E-state index contributed by atoms with van der Waals surface area (Å²) in [7, 11) is 0. The van der Waals surface area contributed by atoms with Crippen LogP contribution in [0.5, 0.6) is 5.88 Å². The fraction of sp³-hybridized carbons (Fsp3) is 0.615. The van der Waals surface area contributed by atoms with E-state index in [-0.39, 0.29) is 6.10 Å². The summed E-state index contributed by atoms with van der Waals surface area (Å²) in [4.78, 5) is 6.84. The largest absolute Gasteiger partial charge is 0.473 e. The molecule has 4 nitrogen and oxygen atoms in total. The van der Waals surface area contributed by atoms with E-state index in [1.807, 2.05) is 26.0 Å². The van der Waals surface area contributed by atoms with Gasteiger partial charge in [-0.2, -0.15) is 4.98 Å². The Kier molecular flexibility index (Phi) is 3.41. The fourth-order valence-corrected chi connectivity index (χ4v) is 1.91. The maximum atomic E-state index is 5.87. The highest BCUT2D eigenvalue weighted by Crippen LogP contribution is 2.32. The lowest BCUT2D eigenvalue weighted by Crippen LogP contribution is -2.26. The predicted octanol–water partition coefficient (Wildman–Crippen LogP) is 2.44. The molecule has 1 fully saturated rings. The van der Waals surface area contributed by atoms with Gasteiger partial charge in [0.05, 0.1) is 11.8 Å². The van der Waals surface area contributed by atoms with Crippen LogP contribution in [-0.4, -0.2) is 23.7 Å². The second kappa shape index (κ2) is 4.82. The molecule has 2 N–H and O–H groups in total. The van der Waals surface area contributed by atoms with Crippen molar-refractivity contribution in [2.75, 3.05) is 17.2 Å². The molecule has 0 aromatic carbocycles. The van der Waals surface area contributed by atoms with Crippen molar-refractivity contribution in [3.05, 3.63) is 12.1 Å². The highest BCUT2D eigenvalue weighted by Gasteiger charge is 2.29. The molecule has 1 aliphatic rings. The summed E-state index contributed by atoms with van der Waals surface area (Å²) in [5.41, 5.74) is 6.47. The molecular weight excluding hydrogens is 214 g/mol. The van der Waals surface area contributed by atoms with Gasteiger partial charge in [-0.15, -0.1) is 0 Å². The van der Waals surface area contributed by atoms with Crippen LogP contribution in [0.4, 0.5) is 11.5 Å². The Hall–Kier alpha value is -1.45. The van der Waals surface area contributed by atoms with Crippen LogP contribution in [0.25, 0.3) is 0 Å². The number of hydrogen-bond donors (Lipinski definition) is 1. The first-order valence-electron chi connectivity index (χ1n) is 6.31. The summed E-state index contributed by atoms with van der Waals surface area (Å²) in [6.45, 7) is 7.08. The Bertz CT molecular complexity index is 388. The molecule has 0 amide bonds. The third-order valence-corrected chi connectivity index (χ3v) is 2.84. The minimum atomic E-state index is 0.0936. The standard InChI is InChI=1S/C13H21N3O/c1-4-16(10-5-6-10)12-8-7-11(14)13(15-12)17-9(2)3/h7-10H,4-6,14H2,1-3H3. The van der Waals surface area contributed by atoms with Crippen molar-refractivity contribution in [1.82, 2.24) is 4.98 Å². The van der Waals surface area contributed by atoms with Gasteiger partial charge in [0.25, 0.3) is 0 Å². The molecule has 2 rings (SSSR count). The van der Waals surface area contributed by atoms with Gasteiger partial charge in [-0.05, 0) is 45.7 Å². The van der Waals surface area contributed by atoms with E-state index in [0.29, 0.717) is 17.6 Å². The van der Waals surface area contributed by atoms with Crippen LogP contribution in [0.2, 0.25) is 0 Å². The van der Waals surface area contributed by atoms with E-state index in [9.17, 15) is 0 Å². The molecule has 0 unspecified atom stereocenters. The second-order valence-corrected chi connectivity index (χ2v) is 4.75. The van der Waals surface area contributed by atoms with E-state index in [1.165, 1.54) is 12.8 Å². The maximum absolute atomic E-state index is 5.87. The zero-order chi connectivity index (χ0) is 12.4. The molecule has 0 radical (unpaired) electrons. The lowest BCUT2D eigenvalue weighted by atomic mass is 10.3. The van der Waals surface area contributed by atoms with Crippen molar-refractivity contribution in [3.63, 3.8) is 0 Å².